The van der Waals surface area contributed by atoms with Crippen LogP contribution in [0.25, 0.3) is 0 Å². The molecule has 0 bridgehead atoms. The van der Waals surface area contributed by atoms with Gasteiger partial charge in [-0.05, 0) is 37.0 Å². The van der Waals surface area contributed by atoms with E-state index in [-0.39, 0.29) is 0 Å². The van der Waals surface area contributed by atoms with E-state index in [1.807, 2.05) is 0 Å². The van der Waals surface area contributed by atoms with Gasteiger partial charge in [-0.2, -0.15) is 0 Å². The van der Waals surface area contributed by atoms with Crippen LogP contribution in [-0.2, 0) is 0 Å². The highest BCUT2D eigenvalue weighted by Gasteiger charge is 2.32. The smallest absolute Gasteiger partial charge is 0.00415 e. The van der Waals surface area contributed by atoms with Crippen molar-refractivity contribution in [2.75, 3.05) is 0 Å². The standard InChI is InChI=1S/C14H27N/c1-2-11-6-3-4-9-14(11)12-7-5-8-13(15)10-12/h11-14H,2-10,15H2,1H3. The molecular formula is C14H27N. The van der Waals surface area contributed by atoms with Gasteiger partial charge in [-0.15, -0.1) is 0 Å². The minimum absolute atomic E-state index is 0.517. The first-order valence-corrected chi connectivity index (χ1v) is 7.06. The number of rotatable bonds is 2. The lowest BCUT2D eigenvalue weighted by molar-refractivity contribution is 0.119. The lowest BCUT2D eigenvalue weighted by Gasteiger charge is -2.40. The van der Waals surface area contributed by atoms with Crippen molar-refractivity contribution < 1.29 is 0 Å². The number of nitrogens with two attached hydrogens (primary N) is 1. The lowest BCUT2D eigenvalue weighted by Crippen LogP contribution is -2.35. The van der Waals surface area contributed by atoms with Crippen LogP contribution in [0.3, 0.4) is 0 Å². The maximum Gasteiger partial charge on any atom is 0.00415 e. The van der Waals surface area contributed by atoms with Gasteiger partial charge in [0.05, 0.1) is 0 Å². The van der Waals surface area contributed by atoms with Crippen LogP contribution in [0.5, 0.6) is 0 Å². The van der Waals surface area contributed by atoms with Crippen molar-refractivity contribution in [1.29, 1.82) is 0 Å². The van der Waals surface area contributed by atoms with Crippen LogP contribution in [0, 0.1) is 17.8 Å². The Balaban J connectivity index is 1.94. The van der Waals surface area contributed by atoms with E-state index in [0.717, 1.165) is 17.8 Å². The highest BCUT2D eigenvalue weighted by molar-refractivity contribution is 4.85. The first-order chi connectivity index (χ1) is 7.31. The second-order valence-corrected chi connectivity index (χ2v) is 5.80. The maximum atomic E-state index is 6.12. The van der Waals surface area contributed by atoms with E-state index in [1.165, 1.54) is 57.8 Å². The van der Waals surface area contributed by atoms with Crippen molar-refractivity contribution in [2.24, 2.45) is 23.5 Å². The van der Waals surface area contributed by atoms with Gasteiger partial charge < -0.3 is 5.73 Å². The van der Waals surface area contributed by atoms with E-state index in [4.69, 9.17) is 5.73 Å². The van der Waals surface area contributed by atoms with Gasteiger partial charge in [-0.1, -0.05) is 45.4 Å². The van der Waals surface area contributed by atoms with Gasteiger partial charge in [0.2, 0.25) is 0 Å². The molecule has 2 N–H and O–H groups in total. The largest absolute Gasteiger partial charge is 0.328 e. The van der Waals surface area contributed by atoms with Gasteiger partial charge in [0, 0.05) is 6.04 Å². The zero-order chi connectivity index (χ0) is 10.7. The molecule has 2 saturated carbocycles. The van der Waals surface area contributed by atoms with Crippen molar-refractivity contribution in [1.82, 2.24) is 0 Å². The third-order valence-corrected chi connectivity index (χ3v) is 4.85. The molecule has 0 aromatic rings. The molecule has 2 aliphatic carbocycles. The van der Waals surface area contributed by atoms with Gasteiger partial charge in [0.1, 0.15) is 0 Å². The summed E-state index contributed by atoms with van der Waals surface area (Å²) in [6, 6.07) is 0.517. The minimum Gasteiger partial charge on any atom is -0.328 e. The maximum absolute atomic E-state index is 6.12. The monoisotopic (exact) mass is 209 g/mol. The molecule has 0 saturated heterocycles. The fraction of sp³-hybridized carbons (Fsp3) is 1.00. The number of hydrogen-bond donors (Lipinski definition) is 1. The SMILES string of the molecule is CCC1CCCCC1C1CCCC(N)C1. The van der Waals surface area contributed by atoms with Crippen LogP contribution in [0.4, 0.5) is 0 Å². The van der Waals surface area contributed by atoms with Crippen molar-refractivity contribution in [3.63, 3.8) is 0 Å². The molecule has 0 amide bonds. The third-order valence-electron chi connectivity index (χ3n) is 4.85. The quantitative estimate of drug-likeness (QED) is 0.737. The summed E-state index contributed by atoms with van der Waals surface area (Å²) < 4.78 is 0. The Morgan fingerprint density at radius 2 is 1.80 bits per heavy atom. The topological polar surface area (TPSA) is 26.0 Å². The van der Waals surface area contributed by atoms with Crippen LogP contribution < -0.4 is 5.73 Å². The normalized spacial score (nSPS) is 42.8. The molecule has 4 atom stereocenters. The van der Waals surface area contributed by atoms with E-state index in [9.17, 15) is 0 Å². The number of hydrogen-bond acceptors (Lipinski definition) is 1. The van der Waals surface area contributed by atoms with E-state index in [1.54, 1.807) is 0 Å². The average Bonchev–Trinajstić information content (AvgIpc) is 2.29. The molecule has 4 unspecified atom stereocenters. The molecular weight excluding hydrogens is 182 g/mol. The second-order valence-electron chi connectivity index (χ2n) is 5.80. The fourth-order valence-electron chi connectivity index (χ4n) is 4.02. The van der Waals surface area contributed by atoms with Gasteiger partial charge in [-0.3, -0.25) is 0 Å². The summed E-state index contributed by atoms with van der Waals surface area (Å²) in [4.78, 5) is 0. The summed E-state index contributed by atoms with van der Waals surface area (Å²) in [5.41, 5.74) is 6.12. The van der Waals surface area contributed by atoms with Crippen molar-refractivity contribution >= 4 is 0 Å². The molecule has 15 heavy (non-hydrogen) atoms. The van der Waals surface area contributed by atoms with Crippen molar-refractivity contribution in [3.05, 3.63) is 0 Å². The van der Waals surface area contributed by atoms with E-state index in [2.05, 4.69) is 6.92 Å². The molecule has 0 aliphatic heterocycles. The summed E-state index contributed by atoms with van der Waals surface area (Å²) in [6.07, 6.45) is 12.8. The van der Waals surface area contributed by atoms with Crippen LogP contribution in [-0.4, -0.2) is 6.04 Å². The average molecular weight is 209 g/mol. The lowest BCUT2D eigenvalue weighted by atomic mass is 9.66. The van der Waals surface area contributed by atoms with Crippen molar-refractivity contribution in [3.8, 4) is 0 Å². The first-order valence-electron chi connectivity index (χ1n) is 7.06. The van der Waals surface area contributed by atoms with Crippen molar-refractivity contribution in [2.45, 2.75) is 70.8 Å². The Labute approximate surface area is 94.8 Å². The summed E-state index contributed by atoms with van der Waals surface area (Å²) >= 11 is 0. The fourth-order valence-corrected chi connectivity index (χ4v) is 4.02. The molecule has 0 aromatic heterocycles. The summed E-state index contributed by atoms with van der Waals surface area (Å²) in [6.45, 7) is 2.38. The Bertz CT molecular complexity index is 190. The minimum atomic E-state index is 0.517. The summed E-state index contributed by atoms with van der Waals surface area (Å²) in [5.74, 6) is 3.02. The molecule has 2 aliphatic rings. The summed E-state index contributed by atoms with van der Waals surface area (Å²) in [5, 5.41) is 0. The predicted octanol–water partition coefficient (Wildman–Crippen LogP) is 3.72. The second kappa shape index (κ2) is 5.34. The van der Waals surface area contributed by atoms with Crippen LogP contribution >= 0.6 is 0 Å². The molecule has 88 valence electrons. The van der Waals surface area contributed by atoms with Gasteiger partial charge in [-0.25, -0.2) is 0 Å². The summed E-state index contributed by atoms with van der Waals surface area (Å²) in [7, 11) is 0. The molecule has 0 spiro atoms. The first kappa shape index (κ1) is 11.4. The Morgan fingerprint density at radius 3 is 2.53 bits per heavy atom. The van der Waals surface area contributed by atoms with Gasteiger partial charge in [0.15, 0.2) is 0 Å². The van der Waals surface area contributed by atoms with Gasteiger partial charge >= 0.3 is 0 Å². The zero-order valence-corrected chi connectivity index (χ0v) is 10.3. The highest BCUT2D eigenvalue weighted by Crippen LogP contribution is 2.42. The van der Waals surface area contributed by atoms with Crippen LogP contribution in [0.15, 0.2) is 0 Å². The molecule has 0 aromatic carbocycles. The molecule has 2 rings (SSSR count). The van der Waals surface area contributed by atoms with Gasteiger partial charge in [0.25, 0.3) is 0 Å². The van der Waals surface area contributed by atoms with E-state index in [0.29, 0.717) is 6.04 Å². The molecule has 1 heteroatoms. The highest BCUT2D eigenvalue weighted by atomic mass is 14.6. The molecule has 0 radical (unpaired) electrons. The molecule has 0 heterocycles. The molecule has 2 fully saturated rings. The predicted molar refractivity (Wildman–Crippen MR) is 65.7 cm³/mol. The third kappa shape index (κ3) is 2.75. The van der Waals surface area contributed by atoms with E-state index < -0.39 is 0 Å². The Kier molecular flexibility index (Phi) is 4.07. The zero-order valence-electron chi connectivity index (χ0n) is 10.3. The molecule has 1 nitrogen and oxygen atoms in total. The van der Waals surface area contributed by atoms with E-state index >= 15 is 0 Å². The Hall–Kier alpha value is -0.0400. The van der Waals surface area contributed by atoms with Crippen LogP contribution in [0.2, 0.25) is 0 Å². The van der Waals surface area contributed by atoms with Crippen LogP contribution in [0.1, 0.15) is 64.7 Å². The Morgan fingerprint density at radius 1 is 1.00 bits per heavy atom.